The smallest absolute Gasteiger partial charge is 0.244 e. The van der Waals surface area contributed by atoms with Crippen LogP contribution in [0.25, 0.3) is 0 Å². The molecule has 3 rings (SSSR count). The molecule has 1 saturated heterocycles. The van der Waals surface area contributed by atoms with E-state index in [4.69, 9.17) is 11.6 Å². The van der Waals surface area contributed by atoms with Gasteiger partial charge in [-0.3, -0.25) is 0 Å². The van der Waals surface area contributed by atoms with Crippen molar-refractivity contribution in [2.24, 2.45) is 0 Å². The first-order valence-electron chi connectivity index (χ1n) is 6.90. The lowest BCUT2D eigenvalue weighted by molar-refractivity contribution is 0.367. The fraction of sp³-hybridized carbons (Fsp3) is 0.692. The molecule has 1 aliphatic heterocycles. The molecule has 0 amide bonds. The minimum Gasteiger partial charge on any atom is -0.346 e. The number of hydrogen-bond donors (Lipinski definition) is 0. The van der Waals surface area contributed by atoms with Gasteiger partial charge in [-0.25, -0.2) is 8.42 Å². The fourth-order valence-electron chi connectivity index (χ4n) is 2.64. The van der Waals surface area contributed by atoms with Crippen molar-refractivity contribution in [2.45, 2.75) is 42.6 Å². The normalized spacial score (nSPS) is 25.0. The van der Waals surface area contributed by atoms with E-state index in [9.17, 15) is 8.42 Å². The van der Waals surface area contributed by atoms with Gasteiger partial charge in [-0.15, -0.1) is 11.6 Å². The zero-order valence-electron chi connectivity index (χ0n) is 11.5. The summed E-state index contributed by atoms with van der Waals surface area (Å²) in [4.78, 5) is 0.402. The first kappa shape index (κ1) is 14.8. The number of nitrogens with zero attached hydrogens (tertiary/aromatic N) is 2. The molecule has 2 heterocycles. The summed E-state index contributed by atoms with van der Waals surface area (Å²) in [5.41, 5.74) is 0.909. The second kappa shape index (κ2) is 5.55. The van der Waals surface area contributed by atoms with Gasteiger partial charge in [0, 0.05) is 42.0 Å². The molecule has 4 nitrogen and oxygen atoms in total. The molecule has 2 aliphatic rings. The summed E-state index contributed by atoms with van der Waals surface area (Å²) in [6.45, 7) is 2.57. The minimum atomic E-state index is -3.39. The number of alkyl halides is 1. The molecule has 0 radical (unpaired) electrons. The number of hydrogen-bond acceptors (Lipinski definition) is 3. The van der Waals surface area contributed by atoms with Crippen LogP contribution in [0, 0.1) is 0 Å². The number of aromatic nitrogens is 1. The van der Waals surface area contributed by atoms with Crippen molar-refractivity contribution in [3.63, 3.8) is 0 Å². The van der Waals surface area contributed by atoms with Crippen LogP contribution >= 0.6 is 23.4 Å². The zero-order valence-corrected chi connectivity index (χ0v) is 13.8. The predicted molar refractivity (Wildman–Crippen MR) is 82.9 cm³/mol. The zero-order chi connectivity index (χ0) is 14.3. The van der Waals surface area contributed by atoms with Crippen LogP contribution in [-0.4, -0.2) is 41.4 Å². The molecule has 20 heavy (non-hydrogen) atoms. The standard InChI is InChI=1S/C13H19ClN2O2S2/c1-10-9-19-5-4-16(10)20(17,18)13-6-12(7-14)15(8-13)11-2-3-11/h6,8,10-11H,2-5,7,9H2,1H3. The van der Waals surface area contributed by atoms with Crippen LogP contribution in [0.4, 0.5) is 0 Å². The number of sulfonamides is 1. The Morgan fingerprint density at radius 1 is 1.45 bits per heavy atom. The summed E-state index contributed by atoms with van der Waals surface area (Å²) in [5.74, 6) is 2.09. The van der Waals surface area contributed by atoms with Crippen LogP contribution in [0.15, 0.2) is 17.2 Å². The highest BCUT2D eigenvalue weighted by atomic mass is 35.5. The van der Waals surface area contributed by atoms with Crippen LogP contribution in [0.5, 0.6) is 0 Å². The van der Waals surface area contributed by atoms with Gasteiger partial charge < -0.3 is 4.57 Å². The average molecular weight is 335 g/mol. The molecule has 0 N–H and O–H groups in total. The third-order valence-corrected chi connectivity index (χ3v) is 7.34. The molecule has 0 aromatic carbocycles. The number of thioether (sulfide) groups is 1. The van der Waals surface area contributed by atoms with Gasteiger partial charge in [-0.1, -0.05) is 0 Å². The van der Waals surface area contributed by atoms with Gasteiger partial charge in [0.15, 0.2) is 0 Å². The van der Waals surface area contributed by atoms with E-state index in [-0.39, 0.29) is 6.04 Å². The highest BCUT2D eigenvalue weighted by Gasteiger charge is 2.34. The van der Waals surface area contributed by atoms with E-state index in [1.54, 1.807) is 16.6 Å². The van der Waals surface area contributed by atoms with E-state index in [1.807, 2.05) is 23.3 Å². The van der Waals surface area contributed by atoms with Crippen molar-refractivity contribution in [1.82, 2.24) is 8.87 Å². The number of rotatable bonds is 4. The predicted octanol–water partition coefficient (Wildman–Crippen LogP) is 2.69. The lowest BCUT2D eigenvalue weighted by Gasteiger charge is -2.31. The third kappa shape index (κ3) is 2.63. The average Bonchev–Trinajstić information content (AvgIpc) is 3.17. The van der Waals surface area contributed by atoms with Crippen molar-refractivity contribution < 1.29 is 8.42 Å². The molecule has 1 atom stereocenters. The molecule has 1 aliphatic carbocycles. The summed E-state index contributed by atoms with van der Waals surface area (Å²) >= 11 is 7.76. The Bertz CT molecular complexity index is 596. The quantitative estimate of drug-likeness (QED) is 0.795. The van der Waals surface area contributed by atoms with Crippen LogP contribution in [-0.2, 0) is 15.9 Å². The highest BCUT2D eigenvalue weighted by Crippen LogP contribution is 2.38. The molecular weight excluding hydrogens is 316 g/mol. The summed E-state index contributed by atoms with van der Waals surface area (Å²) in [6.07, 6.45) is 4.02. The SMILES string of the molecule is CC1CSCCN1S(=O)(=O)c1cc(CCl)n(C2CC2)c1. The lowest BCUT2D eigenvalue weighted by Crippen LogP contribution is -2.44. The van der Waals surface area contributed by atoms with Gasteiger partial charge in [0.25, 0.3) is 0 Å². The molecule has 1 aromatic heterocycles. The van der Waals surface area contributed by atoms with E-state index in [0.29, 0.717) is 23.4 Å². The van der Waals surface area contributed by atoms with Gasteiger partial charge in [0.2, 0.25) is 10.0 Å². The van der Waals surface area contributed by atoms with Crippen molar-refractivity contribution in [3.05, 3.63) is 18.0 Å². The molecule has 1 unspecified atom stereocenters. The van der Waals surface area contributed by atoms with Gasteiger partial charge in [-0.2, -0.15) is 16.1 Å². The fourth-order valence-corrected chi connectivity index (χ4v) is 5.76. The van der Waals surface area contributed by atoms with Crippen LogP contribution in [0.2, 0.25) is 0 Å². The van der Waals surface area contributed by atoms with Crippen molar-refractivity contribution >= 4 is 33.4 Å². The molecule has 112 valence electrons. The van der Waals surface area contributed by atoms with Crippen LogP contribution in [0.3, 0.4) is 0 Å². The summed E-state index contributed by atoms with van der Waals surface area (Å²) < 4.78 is 29.2. The maximum Gasteiger partial charge on any atom is 0.244 e. The monoisotopic (exact) mass is 334 g/mol. The Morgan fingerprint density at radius 3 is 2.80 bits per heavy atom. The Hall–Kier alpha value is -0.170. The second-order valence-corrected chi connectivity index (χ2v) is 8.79. The van der Waals surface area contributed by atoms with Gasteiger partial charge in [-0.05, 0) is 25.8 Å². The van der Waals surface area contributed by atoms with E-state index >= 15 is 0 Å². The van der Waals surface area contributed by atoms with Crippen molar-refractivity contribution in [2.75, 3.05) is 18.1 Å². The first-order valence-corrected chi connectivity index (χ1v) is 10.0. The topological polar surface area (TPSA) is 42.3 Å². The summed E-state index contributed by atoms with van der Waals surface area (Å²) in [7, 11) is -3.39. The highest BCUT2D eigenvalue weighted by molar-refractivity contribution is 7.99. The lowest BCUT2D eigenvalue weighted by atomic mass is 10.4. The molecule has 1 saturated carbocycles. The maximum absolute atomic E-state index is 12.8. The maximum atomic E-state index is 12.8. The Balaban J connectivity index is 1.94. The Kier molecular flexibility index (Phi) is 4.10. The molecule has 0 spiro atoms. The largest absolute Gasteiger partial charge is 0.346 e. The third-order valence-electron chi connectivity index (χ3n) is 3.90. The molecule has 1 aromatic rings. The van der Waals surface area contributed by atoms with Crippen LogP contribution < -0.4 is 0 Å². The van der Waals surface area contributed by atoms with Crippen LogP contribution in [0.1, 0.15) is 31.5 Å². The second-order valence-electron chi connectivity index (χ2n) is 5.48. The van der Waals surface area contributed by atoms with E-state index < -0.39 is 10.0 Å². The molecule has 2 fully saturated rings. The molecular formula is C13H19ClN2O2S2. The van der Waals surface area contributed by atoms with Gasteiger partial charge in [0.05, 0.1) is 5.88 Å². The first-order chi connectivity index (χ1) is 9.54. The minimum absolute atomic E-state index is 0.0578. The summed E-state index contributed by atoms with van der Waals surface area (Å²) in [6, 6.07) is 2.25. The number of halogens is 1. The molecule has 7 heteroatoms. The van der Waals surface area contributed by atoms with E-state index in [1.165, 1.54) is 0 Å². The van der Waals surface area contributed by atoms with Crippen molar-refractivity contribution in [1.29, 1.82) is 0 Å². The Labute approximate surface area is 129 Å². The van der Waals surface area contributed by atoms with Crippen molar-refractivity contribution in [3.8, 4) is 0 Å². The Morgan fingerprint density at radius 2 is 2.20 bits per heavy atom. The van der Waals surface area contributed by atoms with E-state index in [0.717, 1.165) is 30.0 Å². The molecule has 0 bridgehead atoms. The van der Waals surface area contributed by atoms with Gasteiger partial charge >= 0.3 is 0 Å². The van der Waals surface area contributed by atoms with E-state index in [2.05, 4.69) is 0 Å². The summed E-state index contributed by atoms with van der Waals surface area (Å²) in [5, 5.41) is 0. The van der Waals surface area contributed by atoms with Gasteiger partial charge in [0.1, 0.15) is 4.90 Å².